The number of carbonyl (C=O) groups is 1. The maximum absolute atomic E-state index is 12.7. The molecule has 0 saturated carbocycles. The van der Waals surface area contributed by atoms with Gasteiger partial charge >= 0.3 is 6.61 Å². The summed E-state index contributed by atoms with van der Waals surface area (Å²) in [6.45, 7) is -0.422. The van der Waals surface area contributed by atoms with Gasteiger partial charge in [-0.1, -0.05) is 0 Å². The molecule has 1 aliphatic heterocycles. The largest absolute Gasteiger partial charge is 0.493 e. The van der Waals surface area contributed by atoms with Crippen molar-refractivity contribution >= 4 is 18.3 Å². The third kappa shape index (κ3) is 4.70. The van der Waals surface area contributed by atoms with E-state index in [1.807, 2.05) is 6.92 Å². The second-order valence-electron chi connectivity index (χ2n) is 5.66. The molecule has 5 nitrogen and oxygen atoms in total. The van der Waals surface area contributed by atoms with Gasteiger partial charge in [0.25, 0.3) is 5.91 Å². The maximum Gasteiger partial charge on any atom is 0.387 e. The summed E-state index contributed by atoms with van der Waals surface area (Å²) in [4.78, 5) is 14.5. The molecule has 0 aromatic heterocycles. The van der Waals surface area contributed by atoms with E-state index >= 15 is 0 Å². The van der Waals surface area contributed by atoms with Gasteiger partial charge in [0, 0.05) is 24.2 Å². The van der Waals surface area contributed by atoms with Crippen LogP contribution in [0.4, 0.5) is 8.78 Å². The van der Waals surface area contributed by atoms with E-state index in [9.17, 15) is 13.6 Å². The van der Waals surface area contributed by atoms with Gasteiger partial charge < -0.3 is 20.1 Å². The Morgan fingerprint density at radius 1 is 1.33 bits per heavy atom. The van der Waals surface area contributed by atoms with Crippen LogP contribution in [0.2, 0.25) is 0 Å². The molecule has 1 aromatic rings. The molecule has 0 radical (unpaired) electrons. The second-order valence-corrected chi connectivity index (χ2v) is 5.66. The number of nitrogens with zero attached hydrogens (tertiary/aromatic N) is 1. The van der Waals surface area contributed by atoms with Gasteiger partial charge in [-0.3, -0.25) is 4.79 Å². The molecular weight excluding hydrogens is 342 g/mol. The predicted molar refractivity (Wildman–Crippen MR) is 89.2 cm³/mol. The van der Waals surface area contributed by atoms with Gasteiger partial charge in [-0.25, -0.2) is 0 Å². The molecule has 2 atom stereocenters. The Kier molecular flexibility index (Phi) is 7.69. The summed E-state index contributed by atoms with van der Waals surface area (Å²) in [7, 11) is 1.34. The van der Waals surface area contributed by atoms with E-state index in [0.717, 1.165) is 19.3 Å². The van der Waals surface area contributed by atoms with Crippen molar-refractivity contribution in [2.45, 2.75) is 44.9 Å². The average molecular weight is 365 g/mol. The van der Waals surface area contributed by atoms with Crippen molar-refractivity contribution in [3.8, 4) is 11.5 Å². The van der Waals surface area contributed by atoms with Gasteiger partial charge in [0.1, 0.15) is 0 Å². The Hall–Kier alpha value is -1.60. The zero-order valence-corrected chi connectivity index (χ0v) is 14.5. The van der Waals surface area contributed by atoms with Crippen LogP contribution in [0.3, 0.4) is 0 Å². The average Bonchev–Trinajstić information content (AvgIpc) is 2.54. The fourth-order valence-corrected chi connectivity index (χ4v) is 2.92. The highest BCUT2D eigenvalue weighted by atomic mass is 35.5. The van der Waals surface area contributed by atoms with Crippen molar-refractivity contribution in [1.29, 1.82) is 0 Å². The van der Waals surface area contributed by atoms with Crippen LogP contribution >= 0.6 is 12.4 Å². The number of amides is 1. The van der Waals surface area contributed by atoms with Crippen molar-refractivity contribution in [2.24, 2.45) is 5.73 Å². The Morgan fingerprint density at radius 3 is 2.62 bits per heavy atom. The van der Waals surface area contributed by atoms with E-state index in [2.05, 4.69) is 4.74 Å². The number of hydrogen-bond acceptors (Lipinski definition) is 4. The van der Waals surface area contributed by atoms with Crippen molar-refractivity contribution in [1.82, 2.24) is 4.90 Å². The van der Waals surface area contributed by atoms with Gasteiger partial charge in [0.15, 0.2) is 11.5 Å². The molecule has 0 aliphatic carbocycles. The summed E-state index contributed by atoms with van der Waals surface area (Å²) in [6.07, 6.45) is 2.84. The number of ether oxygens (including phenoxy) is 2. The quantitative estimate of drug-likeness (QED) is 0.872. The number of piperidine rings is 1. The highest BCUT2D eigenvalue weighted by Gasteiger charge is 2.30. The summed E-state index contributed by atoms with van der Waals surface area (Å²) in [6, 6.07) is 4.08. The topological polar surface area (TPSA) is 64.8 Å². The first-order chi connectivity index (χ1) is 10.9. The zero-order chi connectivity index (χ0) is 17.0. The number of likely N-dealkylation sites (tertiary alicyclic amines) is 1. The van der Waals surface area contributed by atoms with E-state index < -0.39 is 6.61 Å². The highest BCUT2D eigenvalue weighted by molar-refractivity contribution is 5.95. The van der Waals surface area contributed by atoms with Crippen LogP contribution in [0, 0.1) is 0 Å². The lowest BCUT2D eigenvalue weighted by atomic mass is 9.96. The molecule has 2 N–H and O–H groups in total. The predicted octanol–water partition coefficient (Wildman–Crippen LogP) is 3.06. The summed E-state index contributed by atoms with van der Waals surface area (Å²) in [5.41, 5.74) is 6.36. The molecule has 8 heteroatoms. The molecule has 1 aromatic carbocycles. The van der Waals surface area contributed by atoms with Crippen LogP contribution in [-0.4, -0.2) is 43.2 Å². The first-order valence-corrected chi connectivity index (χ1v) is 7.63. The third-order valence-electron chi connectivity index (χ3n) is 4.04. The van der Waals surface area contributed by atoms with Crippen molar-refractivity contribution in [3.05, 3.63) is 23.8 Å². The summed E-state index contributed by atoms with van der Waals surface area (Å²) in [5, 5.41) is 0. The van der Waals surface area contributed by atoms with E-state index in [4.69, 9.17) is 10.5 Å². The summed E-state index contributed by atoms with van der Waals surface area (Å²) in [5.74, 6) is -0.166. The smallest absolute Gasteiger partial charge is 0.387 e. The standard InChI is InChI=1S/C16H22F2N2O3.ClH/c1-10(19)12-5-3-4-8-20(12)15(21)11-6-7-13(23-16(17)18)14(9-11)22-2;/h6-7,9-10,12,16H,3-5,8,19H2,1-2H3;1H. The fraction of sp³-hybridized carbons (Fsp3) is 0.562. The van der Waals surface area contributed by atoms with Gasteiger partial charge in [-0.05, 0) is 44.4 Å². The van der Waals surface area contributed by atoms with E-state index in [0.29, 0.717) is 12.1 Å². The van der Waals surface area contributed by atoms with E-state index in [1.165, 1.54) is 25.3 Å². The second kappa shape index (κ2) is 9.03. The molecule has 2 rings (SSSR count). The zero-order valence-electron chi connectivity index (χ0n) is 13.7. The molecular formula is C16H23ClF2N2O3. The Balaban J connectivity index is 0.00000288. The number of benzene rings is 1. The number of nitrogens with two attached hydrogens (primary N) is 1. The molecule has 1 fully saturated rings. The van der Waals surface area contributed by atoms with Crippen LogP contribution in [0.5, 0.6) is 11.5 Å². The monoisotopic (exact) mass is 364 g/mol. The molecule has 136 valence electrons. The van der Waals surface area contributed by atoms with Crippen LogP contribution in [0.15, 0.2) is 18.2 Å². The van der Waals surface area contributed by atoms with Crippen LogP contribution in [-0.2, 0) is 0 Å². The first kappa shape index (κ1) is 20.4. The van der Waals surface area contributed by atoms with Crippen molar-refractivity contribution in [2.75, 3.05) is 13.7 Å². The number of halogens is 3. The molecule has 1 heterocycles. The lowest BCUT2D eigenvalue weighted by Gasteiger charge is -2.38. The fourth-order valence-electron chi connectivity index (χ4n) is 2.92. The van der Waals surface area contributed by atoms with Crippen LogP contribution in [0.25, 0.3) is 0 Å². The lowest BCUT2D eigenvalue weighted by molar-refractivity contribution is -0.0512. The van der Waals surface area contributed by atoms with Crippen molar-refractivity contribution in [3.63, 3.8) is 0 Å². The molecule has 0 spiro atoms. The van der Waals surface area contributed by atoms with Gasteiger partial charge in [-0.15, -0.1) is 12.4 Å². The highest BCUT2D eigenvalue weighted by Crippen LogP contribution is 2.31. The minimum atomic E-state index is -2.95. The van der Waals surface area contributed by atoms with Crippen molar-refractivity contribution < 1.29 is 23.0 Å². The number of alkyl halides is 2. The molecule has 0 bridgehead atoms. The first-order valence-electron chi connectivity index (χ1n) is 7.63. The normalized spacial score (nSPS) is 18.8. The number of rotatable bonds is 5. The van der Waals surface area contributed by atoms with Gasteiger partial charge in [0.05, 0.1) is 7.11 Å². The summed E-state index contributed by atoms with van der Waals surface area (Å²) < 4.78 is 34.1. The Morgan fingerprint density at radius 2 is 2.04 bits per heavy atom. The third-order valence-corrected chi connectivity index (χ3v) is 4.04. The number of carbonyl (C=O) groups excluding carboxylic acids is 1. The van der Waals surface area contributed by atoms with E-state index in [-0.39, 0.29) is 41.9 Å². The van der Waals surface area contributed by atoms with Gasteiger partial charge in [-0.2, -0.15) is 8.78 Å². The lowest BCUT2D eigenvalue weighted by Crippen LogP contribution is -2.51. The maximum atomic E-state index is 12.7. The molecule has 2 unspecified atom stereocenters. The number of methoxy groups -OCH3 is 1. The Bertz CT molecular complexity index is 558. The minimum absolute atomic E-state index is 0. The molecule has 1 amide bonds. The van der Waals surface area contributed by atoms with Crippen LogP contribution in [0.1, 0.15) is 36.5 Å². The van der Waals surface area contributed by atoms with E-state index in [1.54, 1.807) is 4.90 Å². The number of hydrogen-bond donors (Lipinski definition) is 1. The van der Waals surface area contributed by atoms with Crippen LogP contribution < -0.4 is 15.2 Å². The molecule has 1 aliphatic rings. The SMILES string of the molecule is COc1cc(C(=O)N2CCCCC2C(C)N)ccc1OC(F)F.Cl. The Labute approximate surface area is 146 Å². The van der Waals surface area contributed by atoms with Gasteiger partial charge in [0.2, 0.25) is 0 Å². The molecule has 24 heavy (non-hydrogen) atoms. The molecule has 1 saturated heterocycles. The summed E-state index contributed by atoms with van der Waals surface area (Å²) >= 11 is 0. The minimum Gasteiger partial charge on any atom is -0.493 e.